The lowest BCUT2D eigenvalue weighted by Gasteiger charge is -1.99. The second-order valence-corrected chi connectivity index (χ2v) is 2.14. The van der Waals surface area contributed by atoms with Crippen LogP contribution in [0.2, 0.25) is 0 Å². The van der Waals surface area contributed by atoms with Gasteiger partial charge in [0.2, 0.25) is 0 Å². The normalized spacial score (nSPS) is 10.2. The van der Waals surface area contributed by atoms with Gasteiger partial charge in [-0.3, -0.25) is 4.68 Å². The van der Waals surface area contributed by atoms with Crippen LogP contribution in [-0.4, -0.2) is 16.5 Å². The summed E-state index contributed by atoms with van der Waals surface area (Å²) in [6.45, 7) is -0.0966. The van der Waals surface area contributed by atoms with E-state index in [1.54, 1.807) is 16.9 Å². The highest BCUT2D eigenvalue weighted by atomic mass is 35.5. The van der Waals surface area contributed by atoms with E-state index in [-0.39, 0.29) is 0 Å². The fourth-order valence-electron chi connectivity index (χ4n) is 0.755. The zero-order valence-electron chi connectivity index (χ0n) is 5.43. The summed E-state index contributed by atoms with van der Waals surface area (Å²) in [7, 11) is 0. The second kappa shape index (κ2) is 3.56. The van der Waals surface area contributed by atoms with Crippen LogP contribution in [0, 0.1) is 0 Å². The Morgan fingerprint density at radius 3 is 3.10 bits per heavy atom. The maximum atomic E-state index is 11.8. The molecule has 0 aliphatic rings. The smallest absolute Gasteiger partial charge is 0.109 e. The molecule has 0 aliphatic heterocycles. The lowest BCUT2D eigenvalue weighted by atomic mass is 10.5. The van der Waals surface area contributed by atoms with Gasteiger partial charge in [0.15, 0.2) is 0 Å². The molecule has 0 saturated heterocycles. The standard InChI is InChI=1S/C6H8ClFN2/c7-5-6-1-3-9-10(6)4-2-8/h1,3H,2,4-5H2. The first-order chi connectivity index (χ1) is 4.88. The van der Waals surface area contributed by atoms with Gasteiger partial charge in [0.05, 0.1) is 18.1 Å². The lowest BCUT2D eigenvalue weighted by Crippen LogP contribution is -2.04. The molecule has 2 nitrogen and oxygen atoms in total. The van der Waals surface area contributed by atoms with Crippen molar-refractivity contribution in [3.63, 3.8) is 0 Å². The predicted octanol–water partition coefficient (Wildman–Crippen LogP) is 1.59. The number of rotatable bonds is 3. The molecular formula is C6H8ClFN2. The van der Waals surface area contributed by atoms with Gasteiger partial charge in [-0.05, 0) is 6.07 Å². The van der Waals surface area contributed by atoms with Crippen molar-refractivity contribution in [3.8, 4) is 0 Å². The Labute approximate surface area is 63.6 Å². The summed E-state index contributed by atoms with van der Waals surface area (Å²) >= 11 is 5.53. The fourth-order valence-corrected chi connectivity index (χ4v) is 0.982. The molecule has 0 aliphatic carbocycles. The van der Waals surface area contributed by atoms with Crippen LogP contribution in [0.15, 0.2) is 12.3 Å². The van der Waals surface area contributed by atoms with Gasteiger partial charge in [-0.25, -0.2) is 4.39 Å². The average Bonchev–Trinajstić information content (AvgIpc) is 2.36. The highest BCUT2D eigenvalue weighted by molar-refractivity contribution is 6.16. The van der Waals surface area contributed by atoms with Crippen LogP contribution < -0.4 is 0 Å². The Kier molecular flexibility index (Phi) is 2.68. The number of alkyl halides is 2. The first-order valence-corrected chi connectivity index (χ1v) is 3.54. The van der Waals surface area contributed by atoms with Crippen LogP contribution >= 0.6 is 11.6 Å². The fraction of sp³-hybridized carbons (Fsp3) is 0.500. The van der Waals surface area contributed by atoms with Crippen molar-refractivity contribution in [3.05, 3.63) is 18.0 Å². The van der Waals surface area contributed by atoms with Crippen LogP contribution in [0.5, 0.6) is 0 Å². The van der Waals surface area contributed by atoms with Gasteiger partial charge in [-0.1, -0.05) is 0 Å². The minimum atomic E-state index is -0.397. The van der Waals surface area contributed by atoms with Crippen molar-refractivity contribution >= 4 is 11.6 Å². The van der Waals surface area contributed by atoms with Crippen molar-refractivity contribution in [2.24, 2.45) is 0 Å². The molecule has 0 radical (unpaired) electrons. The highest BCUT2D eigenvalue weighted by Gasteiger charge is 1.98. The van der Waals surface area contributed by atoms with Crippen LogP contribution in [0.25, 0.3) is 0 Å². The molecule has 0 saturated carbocycles. The molecule has 0 atom stereocenters. The number of aromatic nitrogens is 2. The number of nitrogens with zero attached hydrogens (tertiary/aromatic N) is 2. The maximum Gasteiger partial charge on any atom is 0.109 e. The van der Waals surface area contributed by atoms with E-state index in [9.17, 15) is 4.39 Å². The van der Waals surface area contributed by atoms with Crippen molar-refractivity contribution in [2.75, 3.05) is 6.67 Å². The van der Waals surface area contributed by atoms with Crippen LogP contribution in [0.1, 0.15) is 5.69 Å². The van der Waals surface area contributed by atoms with E-state index in [1.165, 1.54) is 0 Å². The number of halogens is 2. The SMILES string of the molecule is FCCn1nccc1CCl. The summed E-state index contributed by atoms with van der Waals surface area (Å²) in [5.41, 5.74) is 0.860. The maximum absolute atomic E-state index is 11.8. The Bertz CT molecular complexity index is 199. The molecule has 4 heteroatoms. The monoisotopic (exact) mass is 162 g/mol. The second-order valence-electron chi connectivity index (χ2n) is 1.87. The zero-order chi connectivity index (χ0) is 7.40. The van der Waals surface area contributed by atoms with E-state index in [4.69, 9.17) is 11.6 Å². The topological polar surface area (TPSA) is 17.8 Å². The van der Waals surface area contributed by atoms with Crippen molar-refractivity contribution < 1.29 is 4.39 Å². The van der Waals surface area contributed by atoms with Gasteiger partial charge in [0.1, 0.15) is 6.67 Å². The number of aryl methyl sites for hydroxylation is 1. The third-order valence-electron chi connectivity index (χ3n) is 1.24. The Hall–Kier alpha value is -0.570. The van der Waals surface area contributed by atoms with Gasteiger partial charge in [-0.15, -0.1) is 11.6 Å². The molecule has 1 rings (SSSR count). The minimum absolute atomic E-state index is 0.301. The Morgan fingerprint density at radius 2 is 2.50 bits per heavy atom. The quantitative estimate of drug-likeness (QED) is 0.618. The molecular weight excluding hydrogens is 155 g/mol. The van der Waals surface area contributed by atoms with Crippen molar-refractivity contribution in [2.45, 2.75) is 12.4 Å². The van der Waals surface area contributed by atoms with E-state index in [0.29, 0.717) is 12.4 Å². The average molecular weight is 163 g/mol. The van der Waals surface area contributed by atoms with Crippen LogP contribution in [0.3, 0.4) is 0 Å². The predicted molar refractivity (Wildman–Crippen MR) is 37.8 cm³/mol. The molecule has 0 aromatic carbocycles. The molecule has 1 heterocycles. The van der Waals surface area contributed by atoms with Gasteiger partial charge >= 0.3 is 0 Å². The third-order valence-corrected chi connectivity index (χ3v) is 1.51. The molecule has 0 N–H and O–H groups in total. The summed E-state index contributed by atoms with van der Waals surface area (Å²) < 4.78 is 13.3. The first-order valence-electron chi connectivity index (χ1n) is 3.01. The summed E-state index contributed by atoms with van der Waals surface area (Å²) in [4.78, 5) is 0. The molecule has 1 aromatic rings. The third kappa shape index (κ3) is 1.48. The number of hydrogen-bond acceptors (Lipinski definition) is 1. The molecule has 0 fully saturated rings. The largest absolute Gasteiger partial charge is 0.266 e. The van der Waals surface area contributed by atoms with E-state index in [0.717, 1.165) is 5.69 Å². The van der Waals surface area contributed by atoms with Crippen LogP contribution in [0.4, 0.5) is 4.39 Å². The van der Waals surface area contributed by atoms with E-state index >= 15 is 0 Å². The van der Waals surface area contributed by atoms with E-state index < -0.39 is 6.67 Å². The van der Waals surface area contributed by atoms with Gasteiger partial charge in [-0.2, -0.15) is 5.10 Å². The van der Waals surface area contributed by atoms with Crippen molar-refractivity contribution in [1.82, 2.24) is 9.78 Å². The van der Waals surface area contributed by atoms with Gasteiger partial charge in [0, 0.05) is 6.20 Å². The van der Waals surface area contributed by atoms with Crippen molar-refractivity contribution in [1.29, 1.82) is 0 Å². The molecule has 10 heavy (non-hydrogen) atoms. The molecule has 0 unspecified atom stereocenters. The van der Waals surface area contributed by atoms with Gasteiger partial charge < -0.3 is 0 Å². The van der Waals surface area contributed by atoms with E-state index in [1.807, 2.05) is 0 Å². The summed E-state index contributed by atoms with van der Waals surface area (Å²) in [5, 5.41) is 3.87. The summed E-state index contributed by atoms with van der Waals surface area (Å²) in [6, 6.07) is 1.78. The Morgan fingerprint density at radius 1 is 1.70 bits per heavy atom. The molecule has 56 valence electrons. The molecule has 0 spiro atoms. The van der Waals surface area contributed by atoms with Crippen LogP contribution in [-0.2, 0) is 12.4 Å². The molecule has 0 bridgehead atoms. The Balaban J connectivity index is 2.70. The first kappa shape index (κ1) is 7.54. The summed E-state index contributed by atoms with van der Waals surface area (Å²) in [6.07, 6.45) is 1.62. The zero-order valence-corrected chi connectivity index (χ0v) is 6.18. The summed E-state index contributed by atoms with van der Waals surface area (Å²) in [5.74, 6) is 0.389. The highest BCUT2D eigenvalue weighted by Crippen LogP contribution is 2.01. The lowest BCUT2D eigenvalue weighted by molar-refractivity contribution is 0.422. The molecule has 1 aromatic heterocycles. The number of hydrogen-bond donors (Lipinski definition) is 0. The van der Waals surface area contributed by atoms with Gasteiger partial charge in [0.25, 0.3) is 0 Å². The van der Waals surface area contributed by atoms with E-state index in [2.05, 4.69) is 5.10 Å². The minimum Gasteiger partial charge on any atom is -0.266 e. The molecule has 0 amide bonds.